The first kappa shape index (κ1) is 24.5. The van der Waals surface area contributed by atoms with Gasteiger partial charge < -0.3 is 24.7 Å². The fourth-order valence-corrected chi connectivity index (χ4v) is 5.23. The third-order valence-corrected chi connectivity index (χ3v) is 6.97. The molecule has 1 aliphatic rings. The molecule has 0 spiro atoms. The van der Waals surface area contributed by atoms with E-state index in [1.165, 1.54) is 25.9 Å². The third-order valence-electron chi connectivity index (χ3n) is 5.86. The van der Waals surface area contributed by atoms with Gasteiger partial charge in [0.25, 0.3) is 5.56 Å². The van der Waals surface area contributed by atoms with Gasteiger partial charge in [-0.1, -0.05) is 0 Å². The van der Waals surface area contributed by atoms with Crippen LogP contribution in [0.4, 0.5) is 0 Å². The van der Waals surface area contributed by atoms with E-state index in [1.54, 1.807) is 49.6 Å². The molecule has 1 aliphatic heterocycles. The van der Waals surface area contributed by atoms with Gasteiger partial charge in [0, 0.05) is 17.2 Å². The van der Waals surface area contributed by atoms with Crippen LogP contribution in [0, 0.1) is 22.7 Å². The standard InChI is InChI=1S/C26H22N4O5S/c1-32-15-7-8-20(34-3)17(10-15)23-18(12-27)24(29)30-25(31)22(36-26(30)19(23)13-28)9-14-5-6-16(33-2)11-21(14)35-4/h5-11,23H,29H2,1-4H3/b22-9+. The lowest BCUT2D eigenvalue weighted by atomic mass is 9.84. The maximum absolute atomic E-state index is 13.4. The highest BCUT2D eigenvalue weighted by atomic mass is 32.1. The Morgan fingerprint density at radius 3 is 2.17 bits per heavy atom. The molecule has 2 N–H and O–H groups in total. The summed E-state index contributed by atoms with van der Waals surface area (Å²) in [6, 6.07) is 14.6. The van der Waals surface area contributed by atoms with Crippen molar-refractivity contribution in [1.82, 2.24) is 4.57 Å². The first-order valence-corrected chi connectivity index (χ1v) is 11.5. The molecule has 0 saturated heterocycles. The molecule has 0 fully saturated rings. The summed E-state index contributed by atoms with van der Waals surface area (Å²) in [5.74, 6) is 1.21. The molecule has 0 saturated carbocycles. The highest BCUT2D eigenvalue weighted by Crippen LogP contribution is 2.41. The fourth-order valence-electron chi connectivity index (χ4n) is 4.11. The molecule has 182 valence electrons. The molecule has 4 rings (SSSR count). The van der Waals surface area contributed by atoms with E-state index in [-0.39, 0.29) is 17.0 Å². The van der Waals surface area contributed by atoms with Crippen LogP contribution in [-0.4, -0.2) is 33.0 Å². The molecule has 0 amide bonds. The number of fused-ring (bicyclic) bond motifs is 1. The van der Waals surface area contributed by atoms with Crippen LogP contribution in [-0.2, 0) is 0 Å². The first-order valence-electron chi connectivity index (χ1n) is 10.6. The summed E-state index contributed by atoms with van der Waals surface area (Å²) >= 11 is 1.11. The van der Waals surface area contributed by atoms with E-state index in [4.69, 9.17) is 24.7 Å². The van der Waals surface area contributed by atoms with Gasteiger partial charge in [-0.15, -0.1) is 11.3 Å². The molecule has 2 aromatic carbocycles. The number of allylic oxidation sites excluding steroid dienone is 1. The predicted molar refractivity (Wildman–Crippen MR) is 135 cm³/mol. The Balaban J connectivity index is 2.05. The lowest BCUT2D eigenvalue weighted by Gasteiger charge is -2.24. The number of methoxy groups -OCH3 is 4. The van der Waals surface area contributed by atoms with E-state index in [0.29, 0.717) is 43.3 Å². The maximum atomic E-state index is 13.4. The second-order valence-corrected chi connectivity index (χ2v) is 8.67. The SMILES string of the molecule is COc1ccc(/C=c2/sc3n(c2=O)C(N)=C(C#N)C(c2cc(OC)ccc2OC)C=3C#N)c(OC)c1. The van der Waals surface area contributed by atoms with Crippen molar-refractivity contribution in [3.8, 4) is 35.1 Å². The number of rotatable bonds is 6. The molecule has 3 aromatic rings. The van der Waals surface area contributed by atoms with Crippen LogP contribution in [0.5, 0.6) is 23.0 Å². The van der Waals surface area contributed by atoms with Gasteiger partial charge in [-0.25, -0.2) is 0 Å². The molecule has 36 heavy (non-hydrogen) atoms. The quantitative estimate of drug-likeness (QED) is 0.540. The van der Waals surface area contributed by atoms with Gasteiger partial charge in [0.05, 0.1) is 62.2 Å². The lowest BCUT2D eigenvalue weighted by molar-refractivity contribution is 0.393. The van der Waals surface area contributed by atoms with E-state index in [9.17, 15) is 15.3 Å². The second-order valence-electron chi connectivity index (χ2n) is 7.64. The Kier molecular flexibility index (Phi) is 6.73. The number of nitrogens with zero attached hydrogens (tertiary/aromatic N) is 3. The van der Waals surface area contributed by atoms with Gasteiger partial charge in [-0.2, -0.15) is 10.5 Å². The molecule has 1 aromatic heterocycles. The molecule has 9 nitrogen and oxygen atoms in total. The normalized spacial score (nSPS) is 15.1. The Bertz CT molecular complexity index is 1650. The summed E-state index contributed by atoms with van der Waals surface area (Å²) in [5.41, 5.74) is 7.39. The largest absolute Gasteiger partial charge is 0.497 e. The molecule has 2 heterocycles. The molecular formula is C26H22N4O5S. The first-order chi connectivity index (χ1) is 17.4. The van der Waals surface area contributed by atoms with E-state index in [0.717, 1.165) is 11.3 Å². The summed E-state index contributed by atoms with van der Waals surface area (Å²) in [7, 11) is 6.08. The number of hydrogen-bond acceptors (Lipinski definition) is 9. The van der Waals surface area contributed by atoms with Gasteiger partial charge in [-0.3, -0.25) is 9.36 Å². The van der Waals surface area contributed by atoms with Gasteiger partial charge >= 0.3 is 0 Å². The number of aromatic nitrogens is 1. The van der Waals surface area contributed by atoms with Crippen LogP contribution in [0.3, 0.4) is 0 Å². The Hall–Kier alpha value is -4.67. The van der Waals surface area contributed by atoms with Gasteiger partial charge in [0.2, 0.25) is 0 Å². The monoisotopic (exact) mass is 502 g/mol. The Morgan fingerprint density at radius 2 is 1.56 bits per heavy atom. The van der Waals surface area contributed by atoms with Crippen LogP contribution in [0.15, 0.2) is 46.8 Å². The highest BCUT2D eigenvalue weighted by Gasteiger charge is 2.34. The van der Waals surface area contributed by atoms with E-state index in [2.05, 4.69) is 12.1 Å². The van der Waals surface area contributed by atoms with Crippen molar-refractivity contribution < 1.29 is 18.9 Å². The number of thiazole rings is 1. The molecule has 1 atom stereocenters. The van der Waals surface area contributed by atoms with E-state index < -0.39 is 11.5 Å². The van der Waals surface area contributed by atoms with Gasteiger partial charge in [-0.05, 0) is 36.4 Å². The van der Waals surface area contributed by atoms with Gasteiger partial charge in [0.15, 0.2) is 0 Å². The van der Waals surface area contributed by atoms with Crippen LogP contribution in [0.2, 0.25) is 0 Å². The molecule has 10 heteroatoms. The number of ether oxygens (including phenoxy) is 4. The zero-order valence-electron chi connectivity index (χ0n) is 20.0. The van der Waals surface area contributed by atoms with E-state index >= 15 is 0 Å². The average molecular weight is 503 g/mol. The van der Waals surface area contributed by atoms with Crippen LogP contribution in [0.25, 0.3) is 17.5 Å². The zero-order chi connectivity index (χ0) is 26.0. The highest BCUT2D eigenvalue weighted by molar-refractivity contribution is 7.07. The van der Waals surface area contributed by atoms with Crippen molar-refractivity contribution in [2.75, 3.05) is 28.4 Å². The van der Waals surface area contributed by atoms with Crippen molar-refractivity contribution in [3.63, 3.8) is 0 Å². The molecule has 1 unspecified atom stereocenters. The lowest BCUT2D eigenvalue weighted by Crippen LogP contribution is -2.38. The number of hydrogen-bond donors (Lipinski definition) is 1. The fraction of sp³-hybridized carbons (Fsp3) is 0.192. The number of nitrogens with two attached hydrogens (primary N) is 1. The zero-order valence-corrected chi connectivity index (χ0v) is 20.8. The van der Waals surface area contributed by atoms with E-state index in [1.807, 2.05) is 0 Å². The second kappa shape index (κ2) is 9.90. The molecule has 0 radical (unpaired) electrons. The minimum atomic E-state index is -0.841. The van der Waals surface area contributed by atoms with Crippen LogP contribution >= 0.6 is 11.3 Å². The number of benzene rings is 2. The third kappa shape index (κ3) is 3.94. The van der Waals surface area contributed by atoms with Crippen molar-refractivity contribution in [3.05, 3.63) is 72.6 Å². The van der Waals surface area contributed by atoms with Crippen molar-refractivity contribution >= 4 is 28.8 Å². The summed E-state index contributed by atoms with van der Waals surface area (Å²) in [6.45, 7) is 0. The average Bonchev–Trinajstić information content (AvgIpc) is 3.23. The van der Waals surface area contributed by atoms with Gasteiger partial charge in [0.1, 0.15) is 33.5 Å². The summed E-state index contributed by atoms with van der Waals surface area (Å²) in [5, 5.41) is 20.2. The Morgan fingerprint density at radius 1 is 0.917 bits per heavy atom. The minimum absolute atomic E-state index is 0.0380. The van der Waals surface area contributed by atoms with Crippen molar-refractivity contribution in [2.45, 2.75) is 5.92 Å². The van der Waals surface area contributed by atoms with Crippen LogP contribution in [0.1, 0.15) is 17.0 Å². The minimum Gasteiger partial charge on any atom is -0.497 e. The molecular weight excluding hydrogens is 480 g/mol. The maximum Gasteiger partial charge on any atom is 0.274 e. The molecule has 0 aliphatic carbocycles. The Labute approximate surface area is 210 Å². The summed E-state index contributed by atoms with van der Waals surface area (Å²) < 4.78 is 23.4. The summed E-state index contributed by atoms with van der Waals surface area (Å²) in [6.07, 6.45) is 1.66. The smallest absolute Gasteiger partial charge is 0.274 e. The summed E-state index contributed by atoms with van der Waals surface area (Å²) in [4.78, 5) is 13.4. The van der Waals surface area contributed by atoms with Crippen LogP contribution < -0.4 is 39.4 Å². The predicted octanol–water partition coefficient (Wildman–Crippen LogP) is 1.90. The molecule has 0 bridgehead atoms. The van der Waals surface area contributed by atoms with Crippen molar-refractivity contribution in [2.24, 2.45) is 5.73 Å². The number of nitriles is 2. The van der Waals surface area contributed by atoms with Crippen molar-refractivity contribution in [1.29, 1.82) is 10.5 Å². The topological polar surface area (TPSA) is 133 Å².